The van der Waals surface area contributed by atoms with Gasteiger partial charge in [0, 0.05) is 6.07 Å². The van der Waals surface area contributed by atoms with Crippen LogP contribution in [0.3, 0.4) is 0 Å². The summed E-state index contributed by atoms with van der Waals surface area (Å²) in [4.78, 5) is 36.4. The molecule has 0 atom stereocenters. The third-order valence-corrected chi connectivity index (χ3v) is 4.49. The largest absolute Gasteiger partial charge is 0.465 e. The summed E-state index contributed by atoms with van der Waals surface area (Å²) in [5, 5.41) is 0.208. The monoisotopic (exact) mass is 434 g/mol. The van der Waals surface area contributed by atoms with Gasteiger partial charge in [-0.1, -0.05) is 6.07 Å². The van der Waals surface area contributed by atoms with E-state index in [1.165, 1.54) is 67.8 Å². The van der Waals surface area contributed by atoms with Crippen LogP contribution in [0.2, 0.25) is 0 Å². The number of ether oxygens (including phenoxy) is 3. The molecule has 160 valence electrons. The quantitative estimate of drug-likeness (QED) is 0.331. The summed E-state index contributed by atoms with van der Waals surface area (Å²) in [5.41, 5.74) is 0.124. The van der Waals surface area contributed by atoms with Crippen molar-refractivity contribution in [3.63, 3.8) is 0 Å². The molecule has 0 spiro atoms. The summed E-state index contributed by atoms with van der Waals surface area (Å²) in [5.74, 6) is -1.41. The zero-order valence-corrected chi connectivity index (χ0v) is 16.7. The van der Waals surface area contributed by atoms with Crippen molar-refractivity contribution in [3.05, 3.63) is 100 Å². The van der Waals surface area contributed by atoms with Gasteiger partial charge in [-0.05, 0) is 54.6 Å². The standard InChI is InChI=1S/C24H15FO7/c1-29-23(27)14-5-7-17(8-6-14)31-21-13-30-20-12-18(9-10-19(20)22(21)26)32-24(28)15-3-2-4-16(25)11-15/h2-13H,1H3. The Morgan fingerprint density at radius 2 is 1.62 bits per heavy atom. The Bertz CT molecular complexity index is 1370. The van der Waals surface area contributed by atoms with Crippen molar-refractivity contribution in [2.45, 2.75) is 0 Å². The first-order valence-electron chi connectivity index (χ1n) is 9.34. The lowest BCUT2D eigenvalue weighted by molar-refractivity contribution is 0.0600. The average molecular weight is 434 g/mol. The van der Waals surface area contributed by atoms with Gasteiger partial charge < -0.3 is 18.6 Å². The zero-order valence-electron chi connectivity index (χ0n) is 16.7. The molecule has 7 nitrogen and oxygen atoms in total. The molecule has 1 aromatic heterocycles. The Hall–Kier alpha value is -4.46. The van der Waals surface area contributed by atoms with E-state index < -0.39 is 23.2 Å². The molecule has 0 bridgehead atoms. The first-order chi connectivity index (χ1) is 15.4. The van der Waals surface area contributed by atoms with Crippen LogP contribution >= 0.6 is 0 Å². The minimum atomic E-state index is -0.749. The van der Waals surface area contributed by atoms with E-state index in [2.05, 4.69) is 4.74 Å². The van der Waals surface area contributed by atoms with Crippen LogP contribution in [0.15, 0.2) is 82.2 Å². The fraction of sp³-hybridized carbons (Fsp3) is 0.0417. The van der Waals surface area contributed by atoms with Gasteiger partial charge >= 0.3 is 11.9 Å². The number of benzene rings is 3. The molecule has 8 heteroatoms. The Labute approximate surface area is 180 Å². The topological polar surface area (TPSA) is 92.0 Å². The van der Waals surface area contributed by atoms with Gasteiger partial charge in [-0.15, -0.1) is 0 Å². The van der Waals surface area contributed by atoms with E-state index in [1.54, 1.807) is 0 Å². The smallest absolute Gasteiger partial charge is 0.343 e. The molecule has 0 aliphatic rings. The van der Waals surface area contributed by atoms with Gasteiger partial charge in [0.25, 0.3) is 0 Å². The molecule has 0 radical (unpaired) electrons. The lowest BCUT2D eigenvalue weighted by Gasteiger charge is -2.08. The average Bonchev–Trinajstić information content (AvgIpc) is 2.81. The second kappa shape index (κ2) is 8.73. The summed E-state index contributed by atoms with van der Waals surface area (Å²) in [6.07, 6.45) is 1.14. The molecule has 4 rings (SSSR count). The van der Waals surface area contributed by atoms with Crippen molar-refractivity contribution in [3.8, 4) is 17.2 Å². The van der Waals surface area contributed by atoms with Crippen molar-refractivity contribution in [1.29, 1.82) is 0 Å². The molecule has 32 heavy (non-hydrogen) atoms. The van der Waals surface area contributed by atoms with Crippen LogP contribution in [0.25, 0.3) is 11.0 Å². The van der Waals surface area contributed by atoms with Gasteiger partial charge in [0.2, 0.25) is 11.2 Å². The van der Waals surface area contributed by atoms with Gasteiger partial charge in [0.15, 0.2) is 0 Å². The van der Waals surface area contributed by atoms with Gasteiger partial charge in [-0.3, -0.25) is 4.79 Å². The summed E-state index contributed by atoms with van der Waals surface area (Å²) in [7, 11) is 1.28. The second-order valence-corrected chi connectivity index (χ2v) is 6.60. The van der Waals surface area contributed by atoms with Crippen molar-refractivity contribution in [2.24, 2.45) is 0 Å². The predicted octanol–water partition coefficient (Wildman–Crippen LogP) is 4.73. The number of esters is 2. The van der Waals surface area contributed by atoms with Crippen molar-refractivity contribution in [1.82, 2.24) is 0 Å². The van der Waals surface area contributed by atoms with E-state index in [0.29, 0.717) is 11.3 Å². The fourth-order valence-corrected chi connectivity index (χ4v) is 2.91. The van der Waals surface area contributed by atoms with Gasteiger partial charge in [0.05, 0.1) is 23.6 Å². The van der Waals surface area contributed by atoms with Gasteiger partial charge in [-0.25, -0.2) is 14.0 Å². The molecular weight excluding hydrogens is 419 g/mol. The van der Waals surface area contributed by atoms with E-state index >= 15 is 0 Å². The third kappa shape index (κ3) is 4.34. The maximum atomic E-state index is 13.3. The summed E-state index contributed by atoms with van der Waals surface area (Å²) in [6.45, 7) is 0. The van der Waals surface area contributed by atoms with Crippen LogP contribution in [0.1, 0.15) is 20.7 Å². The molecule has 0 amide bonds. The van der Waals surface area contributed by atoms with E-state index in [1.807, 2.05) is 0 Å². The highest BCUT2D eigenvalue weighted by molar-refractivity contribution is 5.91. The first-order valence-corrected chi connectivity index (χ1v) is 9.34. The molecule has 0 aliphatic carbocycles. The van der Waals surface area contributed by atoms with Gasteiger partial charge in [-0.2, -0.15) is 0 Å². The van der Waals surface area contributed by atoms with Crippen LogP contribution in [0.4, 0.5) is 4.39 Å². The molecule has 0 saturated carbocycles. The van der Waals surface area contributed by atoms with Crippen LogP contribution < -0.4 is 14.9 Å². The summed E-state index contributed by atoms with van der Waals surface area (Å²) < 4.78 is 34.2. The summed E-state index contributed by atoms with van der Waals surface area (Å²) >= 11 is 0. The zero-order chi connectivity index (χ0) is 22.7. The highest BCUT2D eigenvalue weighted by Gasteiger charge is 2.14. The maximum absolute atomic E-state index is 13.3. The van der Waals surface area contributed by atoms with E-state index in [0.717, 1.165) is 12.3 Å². The number of hydrogen-bond acceptors (Lipinski definition) is 7. The lowest BCUT2D eigenvalue weighted by Crippen LogP contribution is -2.09. The molecule has 0 unspecified atom stereocenters. The fourth-order valence-electron chi connectivity index (χ4n) is 2.91. The number of hydrogen-bond donors (Lipinski definition) is 0. The molecule has 0 fully saturated rings. The maximum Gasteiger partial charge on any atom is 0.343 e. The van der Waals surface area contributed by atoms with Crippen molar-refractivity contribution in [2.75, 3.05) is 7.11 Å². The Kier molecular flexibility index (Phi) is 5.67. The molecule has 4 aromatic rings. The minimum Gasteiger partial charge on any atom is -0.465 e. The number of carbonyl (C=O) groups excluding carboxylic acids is 2. The van der Waals surface area contributed by atoms with E-state index in [4.69, 9.17) is 13.9 Å². The predicted molar refractivity (Wildman–Crippen MR) is 112 cm³/mol. The highest BCUT2D eigenvalue weighted by Crippen LogP contribution is 2.25. The van der Waals surface area contributed by atoms with Crippen LogP contribution in [0.5, 0.6) is 17.2 Å². The first kappa shape index (κ1) is 20.8. The van der Waals surface area contributed by atoms with E-state index in [9.17, 15) is 18.8 Å². The third-order valence-electron chi connectivity index (χ3n) is 4.49. The van der Waals surface area contributed by atoms with Crippen LogP contribution in [0, 0.1) is 5.82 Å². The van der Waals surface area contributed by atoms with Crippen molar-refractivity contribution >= 4 is 22.9 Å². The summed E-state index contributed by atoms with van der Waals surface area (Å²) in [6, 6.07) is 15.4. The number of halogens is 1. The molecular formula is C24H15FO7. The number of fused-ring (bicyclic) bond motifs is 1. The molecule has 0 aliphatic heterocycles. The highest BCUT2D eigenvalue weighted by atomic mass is 19.1. The molecule has 0 saturated heterocycles. The number of methoxy groups -OCH3 is 1. The van der Waals surface area contributed by atoms with Crippen LogP contribution in [-0.2, 0) is 4.74 Å². The Morgan fingerprint density at radius 1 is 0.875 bits per heavy atom. The SMILES string of the molecule is COC(=O)c1ccc(Oc2coc3cc(OC(=O)c4cccc(F)c4)ccc3c2=O)cc1. The Morgan fingerprint density at radius 3 is 2.34 bits per heavy atom. The van der Waals surface area contributed by atoms with Crippen LogP contribution in [-0.4, -0.2) is 19.0 Å². The molecule has 0 N–H and O–H groups in total. The minimum absolute atomic E-state index is 0.0496. The number of carbonyl (C=O) groups is 2. The number of rotatable bonds is 5. The van der Waals surface area contributed by atoms with Crippen molar-refractivity contribution < 1.29 is 32.6 Å². The van der Waals surface area contributed by atoms with Gasteiger partial charge in [0.1, 0.15) is 29.2 Å². The Balaban J connectivity index is 1.55. The lowest BCUT2D eigenvalue weighted by atomic mass is 10.2. The normalized spacial score (nSPS) is 10.6. The molecule has 3 aromatic carbocycles. The van der Waals surface area contributed by atoms with E-state index in [-0.39, 0.29) is 28.0 Å². The second-order valence-electron chi connectivity index (χ2n) is 6.60. The molecule has 1 heterocycles.